The summed E-state index contributed by atoms with van der Waals surface area (Å²) in [5.74, 6) is -1.50. The Balaban J connectivity index is 2.25. The van der Waals surface area contributed by atoms with Gasteiger partial charge in [0.25, 0.3) is 0 Å². The molecule has 2 rings (SSSR count). The third-order valence-electron chi connectivity index (χ3n) is 3.46. The number of carboxylic acids is 1. The molecule has 132 valence electrons. The quantitative estimate of drug-likeness (QED) is 0.820. The van der Waals surface area contributed by atoms with Gasteiger partial charge in [0, 0.05) is 11.1 Å². The fraction of sp³-hybridized carbons (Fsp3) is 0.222. The van der Waals surface area contributed by atoms with E-state index < -0.39 is 29.1 Å². The summed E-state index contributed by atoms with van der Waals surface area (Å²) in [6.45, 7) is 2.72. The SMILES string of the molecule is CC(C)(Oc1cccc(C(=O)c2ccc(C(F)(F)F)cc2)c1)C(=O)O. The molecule has 0 atom stereocenters. The van der Waals surface area contributed by atoms with Crippen molar-refractivity contribution in [1.82, 2.24) is 0 Å². The van der Waals surface area contributed by atoms with E-state index in [-0.39, 0.29) is 16.9 Å². The molecule has 0 aromatic heterocycles. The maximum atomic E-state index is 12.6. The van der Waals surface area contributed by atoms with E-state index in [9.17, 15) is 22.8 Å². The Morgan fingerprint density at radius 2 is 1.56 bits per heavy atom. The fourth-order valence-corrected chi connectivity index (χ4v) is 2.02. The number of hydrogen-bond acceptors (Lipinski definition) is 3. The van der Waals surface area contributed by atoms with E-state index in [1.54, 1.807) is 0 Å². The van der Waals surface area contributed by atoms with Crippen molar-refractivity contribution < 1.29 is 32.6 Å². The summed E-state index contributed by atoms with van der Waals surface area (Å²) in [4.78, 5) is 23.5. The van der Waals surface area contributed by atoms with Crippen LogP contribution in [0.3, 0.4) is 0 Å². The minimum atomic E-state index is -4.47. The molecule has 0 spiro atoms. The number of halogens is 3. The summed E-state index contributed by atoms with van der Waals surface area (Å²) in [6, 6.07) is 9.69. The van der Waals surface area contributed by atoms with Gasteiger partial charge in [0.2, 0.25) is 0 Å². The Bertz CT molecular complexity index is 793. The zero-order valence-corrected chi connectivity index (χ0v) is 13.4. The lowest BCUT2D eigenvalue weighted by Gasteiger charge is -2.21. The molecule has 0 fully saturated rings. The first-order chi connectivity index (χ1) is 11.5. The van der Waals surface area contributed by atoms with Gasteiger partial charge in [0.15, 0.2) is 11.4 Å². The van der Waals surface area contributed by atoms with Gasteiger partial charge in [0.05, 0.1) is 5.56 Å². The van der Waals surface area contributed by atoms with E-state index in [2.05, 4.69) is 0 Å². The van der Waals surface area contributed by atoms with Crippen LogP contribution in [0, 0.1) is 0 Å². The Hall–Kier alpha value is -2.83. The van der Waals surface area contributed by atoms with Crippen LogP contribution < -0.4 is 4.74 Å². The molecule has 0 heterocycles. The third kappa shape index (κ3) is 4.37. The molecular weight excluding hydrogens is 337 g/mol. The Morgan fingerprint density at radius 3 is 2.08 bits per heavy atom. The Labute approximate surface area is 141 Å². The lowest BCUT2D eigenvalue weighted by molar-refractivity contribution is -0.152. The number of carbonyl (C=O) groups excluding carboxylic acids is 1. The first-order valence-corrected chi connectivity index (χ1v) is 7.25. The van der Waals surface area contributed by atoms with Crippen LogP contribution in [0.15, 0.2) is 48.5 Å². The first-order valence-electron chi connectivity index (χ1n) is 7.25. The van der Waals surface area contributed by atoms with Crippen molar-refractivity contribution >= 4 is 11.8 Å². The average Bonchev–Trinajstić information content (AvgIpc) is 2.53. The maximum Gasteiger partial charge on any atom is 0.416 e. The molecule has 7 heteroatoms. The van der Waals surface area contributed by atoms with E-state index in [4.69, 9.17) is 9.84 Å². The van der Waals surface area contributed by atoms with Crippen LogP contribution in [0.4, 0.5) is 13.2 Å². The molecule has 0 amide bonds. The summed E-state index contributed by atoms with van der Waals surface area (Å²) in [5, 5.41) is 9.07. The second-order valence-electron chi connectivity index (χ2n) is 5.85. The first kappa shape index (κ1) is 18.5. The number of hydrogen-bond donors (Lipinski definition) is 1. The summed E-state index contributed by atoms with van der Waals surface area (Å²) >= 11 is 0. The van der Waals surface area contributed by atoms with Crippen molar-refractivity contribution in [1.29, 1.82) is 0 Å². The van der Waals surface area contributed by atoms with Gasteiger partial charge in [-0.1, -0.05) is 24.3 Å². The van der Waals surface area contributed by atoms with Crippen LogP contribution in [-0.2, 0) is 11.0 Å². The van der Waals surface area contributed by atoms with Crippen LogP contribution in [0.1, 0.15) is 35.3 Å². The van der Waals surface area contributed by atoms with Crippen molar-refractivity contribution in [3.05, 3.63) is 65.2 Å². The van der Waals surface area contributed by atoms with Gasteiger partial charge in [-0.3, -0.25) is 4.79 Å². The predicted octanol–water partition coefficient (Wildman–Crippen LogP) is 4.18. The molecule has 0 aliphatic rings. The van der Waals surface area contributed by atoms with Gasteiger partial charge in [-0.05, 0) is 38.1 Å². The van der Waals surface area contributed by atoms with E-state index in [1.807, 2.05) is 0 Å². The van der Waals surface area contributed by atoms with Crippen molar-refractivity contribution in [2.24, 2.45) is 0 Å². The topological polar surface area (TPSA) is 63.6 Å². The molecule has 1 N–H and O–H groups in total. The number of ether oxygens (including phenoxy) is 1. The second kappa shape index (κ2) is 6.58. The zero-order chi connectivity index (χ0) is 18.8. The van der Waals surface area contributed by atoms with Gasteiger partial charge >= 0.3 is 12.1 Å². The van der Waals surface area contributed by atoms with Crippen LogP contribution >= 0.6 is 0 Å². The summed E-state index contributed by atoms with van der Waals surface area (Å²) in [6.07, 6.45) is -4.47. The molecule has 2 aromatic carbocycles. The number of aliphatic carboxylic acids is 1. The minimum Gasteiger partial charge on any atom is -0.478 e. The monoisotopic (exact) mass is 352 g/mol. The third-order valence-corrected chi connectivity index (χ3v) is 3.46. The van der Waals surface area contributed by atoms with Crippen LogP contribution in [-0.4, -0.2) is 22.5 Å². The molecule has 0 saturated carbocycles. The van der Waals surface area contributed by atoms with E-state index in [1.165, 1.54) is 38.1 Å². The number of ketones is 1. The van der Waals surface area contributed by atoms with E-state index >= 15 is 0 Å². The van der Waals surface area contributed by atoms with Crippen LogP contribution in [0.5, 0.6) is 5.75 Å². The highest BCUT2D eigenvalue weighted by Gasteiger charge is 2.31. The Kier molecular flexibility index (Phi) is 4.87. The Morgan fingerprint density at radius 1 is 0.960 bits per heavy atom. The number of rotatable bonds is 5. The van der Waals surface area contributed by atoms with Gasteiger partial charge < -0.3 is 9.84 Å². The largest absolute Gasteiger partial charge is 0.478 e. The normalized spacial score (nSPS) is 11.9. The van der Waals surface area contributed by atoms with Gasteiger partial charge in [-0.2, -0.15) is 13.2 Å². The van der Waals surface area contributed by atoms with Crippen molar-refractivity contribution in [2.75, 3.05) is 0 Å². The molecule has 2 aromatic rings. The molecule has 0 bridgehead atoms. The highest BCUT2D eigenvalue weighted by molar-refractivity contribution is 6.09. The van der Waals surface area contributed by atoms with Crippen molar-refractivity contribution in [3.63, 3.8) is 0 Å². The lowest BCUT2D eigenvalue weighted by atomic mass is 10.0. The molecule has 25 heavy (non-hydrogen) atoms. The standard InChI is InChI=1S/C18H15F3O4/c1-17(2,16(23)24)25-14-5-3-4-12(10-14)15(22)11-6-8-13(9-7-11)18(19,20)21/h3-10H,1-2H3,(H,23,24). The summed E-state index contributed by atoms with van der Waals surface area (Å²) in [5.41, 5.74) is -2.07. The number of carboxylic acid groups (broad SMARTS) is 1. The van der Waals surface area contributed by atoms with E-state index in [0.29, 0.717) is 0 Å². The van der Waals surface area contributed by atoms with Gasteiger partial charge in [-0.15, -0.1) is 0 Å². The van der Waals surface area contributed by atoms with Gasteiger partial charge in [-0.25, -0.2) is 4.79 Å². The summed E-state index contributed by atoms with van der Waals surface area (Å²) < 4.78 is 43.1. The number of alkyl halides is 3. The smallest absolute Gasteiger partial charge is 0.416 e. The highest BCUT2D eigenvalue weighted by Crippen LogP contribution is 2.29. The highest BCUT2D eigenvalue weighted by atomic mass is 19.4. The van der Waals surface area contributed by atoms with Crippen LogP contribution in [0.2, 0.25) is 0 Å². The van der Waals surface area contributed by atoms with Crippen molar-refractivity contribution in [2.45, 2.75) is 25.6 Å². The average molecular weight is 352 g/mol. The minimum absolute atomic E-state index is 0.0858. The fourth-order valence-electron chi connectivity index (χ4n) is 2.02. The zero-order valence-electron chi connectivity index (χ0n) is 13.4. The molecule has 0 saturated heterocycles. The maximum absolute atomic E-state index is 12.6. The number of carbonyl (C=O) groups is 2. The summed E-state index contributed by atoms with van der Waals surface area (Å²) in [7, 11) is 0. The second-order valence-corrected chi connectivity index (χ2v) is 5.85. The van der Waals surface area contributed by atoms with E-state index in [0.717, 1.165) is 24.3 Å². The molecule has 0 radical (unpaired) electrons. The van der Waals surface area contributed by atoms with Crippen LogP contribution in [0.25, 0.3) is 0 Å². The molecule has 0 aliphatic heterocycles. The number of benzene rings is 2. The van der Waals surface area contributed by atoms with Gasteiger partial charge in [0.1, 0.15) is 5.75 Å². The lowest BCUT2D eigenvalue weighted by Crippen LogP contribution is -2.37. The molecule has 4 nitrogen and oxygen atoms in total. The molecule has 0 aliphatic carbocycles. The molecule has 0 unspecified atom stereocenters. The molecular formula is C18H15F3O4. The van der Waals surface area contributed by atoms with Crippen molar-refractivity contribution in [3.8, 4) is 5.75 Å². The predicted molar refractivity (Wildman–Crippen MR) is 83.7 cm³/mol.